The summed E-state index contributed by atoms with van der Waals surface area (Å²) in [6, 6.07) is 5.41. The Morgan fingerprint density at radius 3 is 2.83 bits per heavy atom. The Labute approximate surface area is 106 Å². The van der Waals surface area contributed by atoms with Crippen LogP contribution in [0.3, 0.4) is 0 Å². The maximum atomic E-state index is 13.8. The summed E-state index contributed by atoms with van der Waals surface area (Å²) >= 11 is 0. The van der Waals surface area contributed by atoms with E-state index in [9.17, 15) is 4.39 Å². The first-order valence-electron chi connectivity index (χ1n) is 5.97. The number of aromatic nitrogens is 2. The number of nitrogens with zero attached hydrogens (tertiary/aromatic N) is 2. The Hall–Kier alpha value is -1.81. The highest BCUT2D eigenvalue weighted by atomic mass is 19.1. The summed E-state index contributed by atoms with van der Waals surface area (Å²) in [5.41, 5.74) is 2.54. The molecule has 0 aromatic carbocycles. The van der Waals surface area contributed by atoms with Crippen LogP contribution in [0.4, 0.5) is 4.39 Å². The van der Waals surface area contributed by atoms with E-state index in [4.69, 9.17) is 0 Å². The highest BCUT2D eigenvalue weighted by Crippen LogP contribution is 2.23. The molecule has 0 amide bonds. The van der Waals surface area contributed by atoms with Crippen molar-refractivity contribution < 1.29 is 4.39 Å². The van der Waals surface area contributed by atoms with Gasteiger partial charge in [-0.1, -0.05) is 6.92 Å². The van der Waals surface area contributed by atoms with Crippen molar-refractivity contribution in [3.63, 3.8) is 0 Å². The molecule has 2 aromatic heterocycles. The number of hydrogen-bond donors (Lipinski definition) is 1. The monoisotopic (exact) mass is 245 g/mol. The predicted molar refractivity (Wildman–Crippen MR) is 68.7 cm³/mol. The minimum Gasteiger partial charge on any atom is -0.306 e. The molecule has 0 bridgehead atoms. The van der Waals surface area contributed by atoms with Gasteiger partial charge in [-0.3, -0.25) is 9.97 Å². The van der Waals surface area contributed by atoms with Crippen molar-refractivity contribution in [3.8, 4) is 0 Å². The summed E-state index contributed by atoms with van der Waals surface area (Å²) in [6.45, 7) is 4.68. The Morgan fingerprint density at radius 1 is 1.33 bits per heavy atom. The number of aryl methyl sites for hydroxylation is 1. The van der Waals surface area contributed by atoms with Crippen molar-refractivity contribution in [3.05, 3.63) is 59.4 Å². The largest absolute Gasteiger partial charge is 0.306 e. The fourth-order valence-corrected chi connectivity index (χ4v) is 1.98. The third kappa shape index (κ3) is 2.71. The van der Waals surface area contributed by atoms with Crippen LogP contribution in [-0.4, -0.2) is 16.5 Å². The number of nitrogens with one attached hydrogen (secondary N) is 1. The second-order valence-electron chi connectivity index (χ2n) is 4.12. The van der Waals surface area contributed by atoms with E-state index in [1.165, 1.54) is 6.20 Å². The van der Waals surface area contributed by atoms with E-state index >= 15 is 0 Å². The summed E-state index contributed by atoms with van der Waals surface area (Å²) < 4.78 is 13.8. The van der Waals surface area contributed by atoms with Crippen LogP contribution in [0, 0.1) is 12.7 Å². The summed E-state index contributed by atoms with van der Waals surface area (Å²) in [4.78, 5) is 7.95. The quantitative estimate of drug-likeness (QED) is 0.899. The fourth-order valence-electron chi connectivity index (χ4n) is 1.98. The van der Waals surface area contributed by atoms with Crippen LogP contribution in [0.1, 0.15) is 29.8 Å². The van der Waals surface area contributed by atoms with Crippen LogP contribution in [0.25, 0.3) is 0 Å². The van der Waals surface area contributed by atoms with Crippen molar-refractivity contribution in [2.75, 3.05) is 6.54 Å². The van der Waals surface area contributed by atoms with E-state index in [0.29, 0.717) is 5.56 Å². The van der Waals surface area contributed by atoms with Crippen molar-refractivity contribution >= 4 is 0 Å². The molecule has 0 saturated carbocycles. The molecule has 2 aromatic rings. The number of halogens is 1. The zero-order chi connectivity index (χ0) is 13.0. The molecule has 94 valence electrons. The van der Waals surface area contributed by atoms with Gasteiger partial charge in [0.25, 0.3) is 0 Å². The molecule has 1 atom stereocenters. The van der Waals surface area contributed by atoms with Gasteiger partial charge >= 0.3 is 0 Å². The predicted octanol–water partition coefficient (Wildman–Crippen LogP) is 2.62. The van der Waals surface area contributed by atoms with Crippen LogP contribution in [0.2, 0.25) is 0 Å². The van der Waals surface area contributed by atoms with Crippen LogP contribution < -0.4 is 5.32 Å². The standard InChI is InChI=1S/C14H16FN3/c1-3-17-14(11-4-7-18-10(2)8-11)12-5-6-16-9-13(12)15/h4-9,14,17H,3H2,1-2H3. The second kappa shape index (κ2) is 5.69. The third-order valence-corrected chi connectivity index (χ3v) is 2.78. The first-order valence-corrected chi connectivity index (χ1v) is 5.97. The molecule has 1 unspecified atom stereocenters. The Balaban J connectivity index is 2.43. The van der Waals surface area contributed by atoms with Crippen molar-refractivity contribution in [2.45, 2.75) is 19.9 Å². The maximum absolute atomic E-state index is 13.8. The SMILES string of the molecule is CCNC(c1ccnc(C)c1)c1ccncc1F. The Morgan fingerprint density at radius 2 is 2.17 bits per heavy atom. The van der Waals surface area contributed by atoms with Gasteiger partial charge in [-0.15, -0.1) is 0 Å². The van der Waals surface area contributed by atoms with E-state index in [1.807, 2.05) is 26.0 Å². The molecule has 0 spiro atoms. The Kier molecular flexibility index (Phi) is 3.99. The lowest BCUT2D eigenvalue weighted by atomic mass is 9.99. The smallest absolute Gasteiger partial charge is 0.146 e. The molecule has 0 radical (unpaired) electrons. The van der Waals surface area contributed by atoms with E-state index < -0.39 is 0 Å². The lowest BCUT2D eigenvalue weighted by Crippen LogP contribution is -2.23. The van der Waals surface area contributed by atoms with Gasteiger partial charge in [-0.2, -0.15) is 0 Å². The molecule has 1 N–H and O–H groups in total. The zero-order valence-corrected chi connectivity index (χ0v) is 10.5. The van der Waals surface area contributed by atoms with Crippen molar-refractivity contribution in [1.29, 1.82) is 0 Å². The molecule has 4 heteroatoms. The van der Waals surface area contributed by atoms with Gasteiger partial charge in [-0.05, 0) is 37.2 Å². The van der Waals surface area contributed by atoms with Gasteiger partial charge in [0.2, 0.25) is 0 Å². The third-order valence-electron chi connectivity index (χ3n) is 2.78. The summed E-state index contributed by atoms with van der Waals surface area (Å²) in [5, 5.41) is 3.29. The molecule has 2 rings (SSSR count). The van der Waals surface area contributed by atoms with Crippen molar-refractivity contribution in [2.24, 2.45) is 0 Å². The van der Waals surface area contributed by atoms with Gasteiger partial charge in [0.05, 0.1) is 12.2 Å². The highest BCUT2D eigenvalue weighted by molar-refractivity contribution is 5.31. The molecule has 0 aliphatic carbocycles. The van der Waals surface area contributed by atoms with Gasteiger partial charge in [0.1, 0.15) is 5.82 Å². The molecular formula is C14H16FN3. The molecule has 18 heavy (non-hydrogen) atoms. The summed E-state index contributed by atoms with van der Waals surface area (Å²) in [7, 11) is 0. The van der Waals surface area contributed by atoms with E-state index in [-0.39, 0.29) is 11.9 Å². The zero-order valence-electron chi connectivity index (χ0n) is 10.5. The van der Waals surface area contributed by atoms with Crippen LogP contribution >= 0.6 is 0 Å². The molecule has 3 nitrogen and oxygen atoms in total. The highest BCUT2D eigenvalue weighted by Gasteiger charge is 2.16. The molecule has 0 aliphatic rings. The summed E-state index contributed by atoms with van der Waals surface area (Å²) in [6.07, 6.45) is 4.60. The van der Waals surface area contributed by atoms with Crippen molar-refractivity contribution in [1.82, 2.24) is 15.3 Å². The van der Waals surface area contributed by atoms with Crippen LogP contribution in [0.15, 0.2) is 36.8 Å². The number of hydrogen-bond acceptors (Lipinski definition) is 3. The van der Waals surface area contributed by atoms with Gasteiger partial charge in [0, 0.05) is 23.7 Å². The second-order valence-corrected chi connectivity index (χ2v) is 4.12. The minimum absolute atomic E-state index is 0.167. The maximum Gasteiger partial charge on any atom is 0.146 e. The van der Waals surface area contributed by atoms with Gasteiger partial charge < -0.3 is 5.32 Å². The topological polar surface area (TPSA) is 37.8 Å². The molecular weight excluding hydrogens is 229 g/mol. The minimum atomic E-state index is -0.294. The van der Waals surface area contributed by atoms with E-state index in [0.717, 1.165) is 17.8 Å². The first kappa shape index (κ1) is 12.6. The molecule has 0 saturated heterocycles. The lowest BCUT2D eigenvalue weighted by Gasteiger charge is -2.19. The number of pyridine rings is 2. The van der Waals surface area contributed by atoms with E-state index in [1.54, 1.807) is 18.5 Å². The normalized spacial score (nSPS) is 12.4. The average Bonchev–Trinajstić information content (AvgIpc) is 2.37. The number of rotatable bonds is 4. The van der Waals surface area contributed by atoms with Crippen LogP contribution in [-0.2, 0) is 0 Å². The molecule has 0 aliphatic heterocycles. The average molecular weight is 245 g/mol. The van der Waals surface area contributed by atoms with Gasteiger partial charge in [-0.25, -0.2) is 4.39 Å². The van der Waals surface area contributed by atoms with Crippen LogP contribution in [0.5, 0.6) is 0 Å². The lowest BCUT2D eigenvalue weighted by molar-refractivity contribution is 0.554. The Bertz CT molecular complexity index is 528. The summed E-state index contributed by atoms with van der Waals surface area (Å²) in [5.74, 6) is -0.294. The fraction of sp³-hybridized carbons (Fsp3) is 0.286. The molecule has 2 heterocycles. The molecule has 0 fully saturated rings. The van der Waals surface area contributed by atoms with E-state index in [2.05, 4.69) is 15.3 Å². The first-order chi connectivity index (χ1) is 8.72. The van der Waals surface area contributed by atoms with Gasteiger partial charge in [0.15, 0.2) is 0 Å².